The number of nitrogens with two attached hydrogens (primary N) is 1. The molecule has 1 heterocycles. The second-order valence-corrected chi connectivity index (χ2v) is 5.62. The highest BCUT2D eigenvalue weighted by Crippen LogP contribution is 2.36. The van der Waals surface area contributed by atoms with Gasteiger partial charge in [-0.2, -0.15) is 0 Å². The van der Waals surface area contributed by atoms with Gasteiger partial charge in [0.05, 0.1) is 6.04 Å². The lowest BCUT2D eigenvalue weighted by atomic mass is 9.95. The lowest BCUT2D eigenvalue weighted by molar-refractivity contribution is 0.546. The molecule has 2 N–H and O–H groups in total. The summed E-state index contributed by atoms with van der Waals surface area (Å²) in [6.45, 7) is 4.07. The largest absolute Gasteiger partial charge is 0.461 e. The molecule has 0 radical (unpaired) electrons. The molecule has 0 aliphatic heterocycles. The SMILES string of the molecule is CCc1oc2ccccc2c1C(N)c1cccc(C)c1Cl. The third-order valence-electron chi connectivity index (χ3n) is 3.90. The summed E-state index contributed by atoms with van der Waals surface area (Å²) in [5.41, 5.74) is 10.4. The molecule has 1 atom stereocenters. The number of rotatable bonds is 3. The zero-order chi connectivity index (χ0) is 15.0. The summed E-state index contributed by atoms with van der Waals surface area (Å²) in [6.07, 6.45) is 0.807. The fraction of sp³-hybridized carbons (Fsp3) is 0.222. The Bertz CT molecular complexity index is 791. The first-order valence-electron chi connectivity index (χ1n) is 7.14. The number of benzene rings is 2. The molecule has 0 aliphatic carbocycles. The summed E-state index contributed by atoms with van der Waals surface area (Å²) < 4.78 is 5.94. The van der Waals surface area contributed by atoms with Crippen molar-refractivity contribution in [2.75, 3.05) is 0 Å². The van der Waals surface area contributed by atoms with Crippen molar-refractivity contribution in [3.63, 3.8) is 0 Å². The standard InChI is InChI=1S/C18H18ClNO/c1-3-14-16(12-8-4-5-10-15(12)21-14)18(20)13-9-6-7-11(2)17(13)19/h4-10,18H,3,20H2,1-2H3. The minimum atomic E-state index is -0.281. The van der Waals surface area contributed by atoms with Gasteiger partial charge in [-0.15, -0.1) is 0 Å². The molecule has 0 bridgehead atoms. The molecule has 1 unspecified atom stereocenters. The van der Waals surface area contributed by atoms with Crippen LogP contribution in [0.5, 0.6) is 0 Å². The topological polar surface area (TPSA) is 39.2 Å². The van der Waals surface area contributed by atoms with E-state index in [0.29, 0.717) is 0 Å². The first kappa shape index (κ1) is 14.2. The van der Waals surface area contributed by atoms with Crippen molar-refractivity contribution in [2.45, 2.75) is 26.3 Å². The Kier molecular flexibility index (Phi) is 3.75. The van der Waals surface area contributed by atoms with Crippen LogP contribution >= 0.6 is 11.6 Å². The van der Waals surface area contributed by atoms with Crippen LogP contribution in [0.25, 0.3) is 11.0 Å². The van der Waals surface area contributed by atoms with E-state index in [9.17, 15) is 0 Å². The molecule has 1 aromatic heterocycles. The van der Waals surface area contributed by atoms with Gasteiger partial charge in [-0.1, -0.05) is 54.9 Å². The first-order valence-corrected chi connectivity index (χ1v) is 7.52. The van der Waals surface area contributed by atoms with E-state index in [-0.39, 0.29) is 6.04 Å². The first-order chi connectivity index (χ1) is 10.1. The third-order valence-corrected chi connectivity index (χ3v) is 4.42. The van der Waals surface area contributed by atoms with Gasteiger partial charge in [0.1, 0.15) is 11.3 Å². The number of fused-ring (bicyclic) bond motifs is 1. The Labute approximate surface area is 129 Å². The summed E-state index contributed by atoms with van der Waals surface area (Å²) in [5, 5.41) is 1.80. The lowest BCUT2D eigenvalue weighted by Crippen LogP contribution is -2.14. The minimum absolute atomic E-state index is 0.281. The Morgan fingerprint density at radius 2 is 1.90 bits per heavy atom. The van der Waals surface area contributed by atoms with E-state index in [4.69, 9.17) is 21.8 Å². The minimum Gasteiger partial charge on any atom is -0.461 e. The van der Waals surface area contributed by atoms with Crippen LogP contribution < -0.4 is 5.73 Å². The van der Waals surface area contributed by atoms with Gasteiger partial charge >= 0.3 is 0 Å². The zero-order valence-corrected chi connectivity index (χ0v) is 12.9. The molecule has 0 saturated carbocycles. The smallest absolute Gasteiger partial charge is 0.134 e. The van der Waals surface area contributed by atoms with E-state index in [1.54, 1.807) is 0 Å². The van der Waals surface area contributed by atoms with Crippen LogP contribution in [0, 0.1) is 6.92 Å². The predicted octanol–water partition coefficient (Wildman–Crippen LogP) is 5.01. The van der Waals surface area contributed by atoms with Crippen molar-refractivity contribution in [2.24, 2.45) is 5.73 Å². The van der Waals surface area contributed by atoms with E-state index in [0.717, 1.165) is 44.9 Å². The van der Waals surface area contributed by atoms with Crippen molar-refractivity contribution >= 4 is 22.6 Å². The van der Waals surface area contributed by atoms with Crippen LogP contribution in [-0.2, 0) is 6.42 Å². The summed E-state index contributed by atoms with van der Waals surface area (Å²) >= 11 is 6.44. The highest BCUT2D eigenvalue weighted by Gasteiger charge is 2.22. The summed E-state index contributed by atoms with van der Waals surface area (Å²) in [5.74, 6) is 0.932. The van der Waals surface area contributed by atoms with Crippen LogP contribution in [0.3, 0.4) is 0 Å². The van der Waals surface area contributed by atoms with E-state index < -0.39 is 0 Å². The van der Waals surface area contributed by atoms with Crippen molar-refractivity contribution in [3.8, 4) is 0 Å². The quantitative estimate of drug-likeness (QED) is 0.738. The highest BCUT2D eigenvalue weighted by atomic mass is 35.5. The van der Waals surface area contributed by atoms with Crippen molar-refractivity contribution in [1.82, 2.24) is 0 Å². The van der Waals surface area contributed by atoms with Gasteiger partial charge in [0.15, 0.2) is 0 Å². The average molecular weight is 300 g/mol. The van der Waals surface area contributed by atoms with Crippen LogP contribution in [0.4, 0.5) is 0 Å². The second kappa shape index (κ2) is 5.55. The van der Waals surface area contributed by atoms with E-state index in [2.05, 4.69) is 13.0 Å². The molecular formula is C18H18ClNO. The number of hydrogen-bond acceptors (Lipinski definition) is 2. The van der Waals surface area contributed by atoms with Gasteiger partial charge in [-0.3, -0.25) is 0 Å². The molecule has 108 valence electrons. The maximum atomic E-state index is 6.53. The molecule has 0 aliphatic rings. The van der Waals surface area contributed by atoms with Crippen molar-refractivity contribution in [1.29, 1.82) is 0 Å². The molecule has 21 heavy (non-hydrogen) atoms. The molecular weight excluding hydrogens is 282 g/mol. The molecule has 0 saturated heterocycles. The zero-order valence-electron chi connectivity index (χ0n) is 12.2. The number of aryl methyl sites for hydroxylation is 2. The van der Waals surface area contributed by atoms with Gasteiger partial charge in [0.2, 0.25) is 0 Å². The van der Waals surface area contributed by atoms with E-state index in [1.165, 1.54) is 0 Å². The summed E-state index contributed by atoms with van der Waals surface area (Å²) in [4.78, 5) is 0. The normalized spacial score (nSPS) is 12.8. The molecule has 0 fully saturated rings. The third kappa shape index (κ3) is 2.35. The fourth-order valence-electron chi connectivity index (χ4n) is 2.79. The summed E-state index contributed by atoms with van der Waals surface area (Å²) in [6, 6.07) is 13.7. The molecule has 3 aromatic rings. The predicted molar refractivity (Wildman–Crippen MR) is 87.8 cm³/mol. The van der Waals surface area contributed by atoms with Crippen LogP contribution in [0.2, 0.25) is 5.02 Å². The Hall–Kier alpha value is -1.77. The number of furan rings is 1. The van der Waals surface area contributed by atoms with Gasteiger partial charge in [-0.25, -0.2) is 0 Å². The number of hydrogen-bond donors (Lipinski definition) is 1. The van der Waals surface area contributed by atoms with Crippen LogP contribution in [0.1, 0.15) is 35.4 Å². The maximum Gasteiger partial charge on any atom is 0.134 e. The second-order valence-electron chi connectivity index (χ2n) is 5.24. The number of para-hydroxylation sites is 1. The molecule has 3 rings (SSSR count). The van der Waals surface area contributed by atoms with Crippen molar-refractivity contribution in [3.05, 3.63) is 69.9 Å². The van der Waals surface area contributed by atoms with Gasteiger partial charge in [-0.05, 0) is 24.1 Å². The molecule has 3 heteroatoms. The van der Waals surface area contributed by atoms with Gasteiger partial charge in [0, 0.05) is 22.4 Å². The molecule has 2 nitrogen and oxygen atoms in total. The van der Waals surface area contributed by atoms with Gasteiger partial charge < -0.3 is 10.2 Å². The fourth-order valence-corrected chi connectivity index (χ4v) is 3.03. The van der Waals surface area contributed by atoms with Gasteiger partial charge in [0.25, 0.3) is 0 Å². The lowest BCUT2D eigenvalue weighted by Gasteiger charge is -2.15. The average Bonchev–Trinajstić information content (AvgIpc) is 2.88. The van der Waals surface area contributed by atoms with E-state index in [1.807, 2.05) is 43.3 Å². The Morgan fingerprint density at radius 3 is 2.67 bits per heavy atom. The summed E-state index contributed by atoms with van der Waals surface area (Å²) in [7, 11) is 0. The molecule has 0 spiro atoms. The van der Waals surface area contributed by atoms with Crippen LogP contribution in [0.15, 0.2) is 46.9 Å². The number of halogens is 1. The monoisotopic (exact) mass is 299 g/mol. The van der Waals surface area contributed by atoms with Crippen molar-refractivity contribution < 1.29 is 4.42 Å². The molecule has 0 amide bonds. The van der Waals surface area contributed by atoms with Crippen LogP contribution in [-0.4, -0.2) is 0 Å². The maximum absolute atomic E-state index is 6.53. The highest BCUT2D eigenvalue weighted by molar-refractivity contribution is 6.32. The Morgan fingerprint density at radius 1 is 1.14 bits per heavy atom. The molecule has 2 aromatic carbocycles. The van der Waals surface area contributed by atoms with E-state index >= 15 is 0 Å². The Balaban J connectivity index is 2.21.